The van der Waals surface area contributed by atoms with E-state index in [4.69, 9.17) is 4.74 Å². The third-order valence-corrected chi connectivity index (χ3v) is 13.4. The largest absolute Gasteiger partial charge is 0.495 e. The van der Waals surface area contributed by atoms with Crippen molar-refractivity contribution >= 4 is 15.7 Å². The topological polar surface area (TPSA) is 55.7 Å². The first-order chi connectivity index (χ1) is 18.9. The molecule has 7 atom stereocenters. The van der Waals surface area contributed by atoms with Crippen molar-refractivity contribution in [1.82, 2.24) is 0 Å². The van der Waals surface area contributed by atoms with Crippen molar-refractivity contribution in [3.8, 4) is 0 Å². The van der Waals surface area contributed by atoms with Crippen molar-refractivity contribution in [3.63, 3.8) is 0 Å². The predicted octanol–water partition coefficient (Wildman–Crippen LogP) is 9.14. The number of nitrogens with zero attached hydrogens (tertiary/aromatic N) is 1. The summed E-state index contributed by atoms with van der Waals surface area (Å²) in [6.07, 6.45) is 13.4. The highest BCUT2D eigenvalue weighted by Crippen LogP contribution is 2.68. The third kappa shape index (κ3) is 5.22. The average molecular weight is 568 g/mol. The van der Waals surface area contributed by atoms with Gasteiger partial charge >= 0.3 is 0 Å². The van der Waals surface area contributed by atoms with Crippen LogP contribution in [0.5, 0.6) is 0 Å². The molecular formula is C35H53NO3S. The second-order valence-corrected chi connectivity index (χ2v) is 16.3. The lowest BCUT2D eigenvalue weighted by atomic mass is 9.46. The molecule has 0 aliphatic heterocycles. The Morgan fingerprint density at radius 3 is 2.35 bits per heavy atom. The zero-order valence-corrected chi connectivity index (χ0v) is 26.9. The van der Waals surface area contributed by atoms with Crippen LogP contribution in [0.3, 0.4) is 0 Å². The Bertz CT molecular complexity index is 1250. The molecule has 0 unspecified atom stereocenters. The minimum Gasteiger partial charge on any atom is -0.495 e. The first-order valence-electron chi connectivity index (χ1n) is 16.1. The van der Waals surface area contributed by atoms with E-state index in [1.54, 1.807) is 19.2 Å². The van der Waals surface area contributed by atoms with E-state index in [-0.39, 0.29) is 10.3 Å². The van der Waals surface area contributed by atoms with Gasteiger partial charge in [-0.05, 0) is 122 Å². The van der Waals surface area contributed by atoms with Gasteiger partial charge in [-0.15, -0.1) is 0 Å². The van der Waals surface area contributed by atoms with E-state index < -0.39 is 10.0 Å². The summed E-state index contributed by atoms with van der Waals surface area (Å²) in [6.45, 7) is 14.3. The molecule has 5 rings (SSSR count). The molecule has 0 bridgehead atoms. The molecule has 0 aromatic heterocycles. The summed E-state index contributed by atoms with van der Waals surface area (Å²) in [6, 6.07) is 6.98. The van der Waals surface area contributed by atoms with Gasteiger partial charge in [-0.25, -0.2) is 0 Å². The van der Waals surface area contributed by atoms with Gasteiger partial charge in [0.2, 0.25) is 0 Å². The molecule has 4 aliphatic carbocycles. The van der Waals surface area contributed by atoms with Crippen LogP contribution in [0.15, 0.2) is 44.9 Å². The van der Waals surface area contributed by atoms with Crippen LogP contribution in [-0.4, -0.2) is 21.2 Å². The van der Waals surface area contributed by atoms with E-state index in [1.807, 2.05) is 19.1 Å². The van der Waals surface area contributed by atoms with Gasteiger partial charge in [0.05, 0.1) is 17.7 Å². The van der Waals surface area contributed by atoms with Crippen molar-refractivity contribution in [1.29, 1.82) is 0 Å². The molecule has 40 heavy (non-hydrogen) atoms. The standard InChI is InChI=1S/C35H53NO3S/c1-23(2)9-8-10-25(4)28-17-18-29-27-15-16-31-33(39-7)32(36-40(37,38)26-13-11-24(3)12-14-26)20-22-35(31,6)30(27)19-21-34(28,29)5/h11-14,23,25,27-30H,8-10,15-22H2,1-7H3/b36-32+/t25-,27+,28-,29+,30+,34-,35-/m1/s1. The summed E-state index contributed by atoms with van der Waals surface area (Å²) >= 11 is 0. The molecule has 3 saturated carbocycles. The minimum absolute atomic E-state index is 0.0726. The van der Waals surface area contributed by atoms with Crippen LogP contribution in [0.2, 0.25) is 0 Å². The fourth-order valence-electron chi connectivity index (χ4n) is 9.94. The quantitative estimate of drug-likeness (QED) is 0.315. The second kappa shape index (κ2) is 11.2. The van der Waals surface area contributed by atoms with Crippen molar-refractivity contribution in [2.75, 3.05) is 7.11 Å². The van der Waals surface area contributed by atoms with Crippen molar-refractivity contribution < 1.29 is 13.2 Å². The van der Waals surface area contributed by atoms with Gasteiger partial charge in [0.15, 0.2) is 0 Å². The Balaban J connectivity index is 1.38. The maximum absolute atomic E-state index is 13.2. The summed E-state index contributed by atoms with van der Waals surface area (Å²) < 4.78 is 36.8. The summed E-state index contributed by atoms with van der Waals surface area (Å²) in [5.74, 6) is 5.51. The van der Waals surface area contributed by atoms with Gasteiger partial charge in [-0.2, -0.15) is 12.8 Å². The summed E-state index contributed by atoms with van der Waals surface area (Å²) in [4.78, 5) is 0.254. The smallest absolute Gasteiger partial charge is 0.282 e. The Kier molecular flexibility index (Phi) is 8.38. The van der Waals surface area contributed by atoms with Crippen molar-refractivity contribution in [2.45, 2.75) is 117 Å². The zero-order valence-electron chi connectivity index (χ0n) is 26.1. The molecule has 0 heterocycles. The van der Waals surface area contributed by atoms with Gasteiger partial charge in [0, 0.05) is 0 Å². The van der Waals surface area contributed by atoms with Crippen LogP contribution in [0.1, 0.15) is 111 Å². The maximum atomic E-state index is 13.2. The van der Waals surface area contributed by atoms with Crippen LogP contribution >= 0.6 is 0 Å². The fourth-order valence-corrected chi connectivity index (χ4v) is 11.0. The lowest BCUT2D eigenvalue weighted by Crippen LogP contribution is -2.51. The van der Waals surface area contributed by atoms with Crippen LogP contribution in [-0.2, 0) is 14.8 Å². The zero-order chi connectivity index (χ0) is 28.9. The number of aryl methyl sites for hydroxylation is 1. The number of ether oxygens (including phenoxy) is 1. The van der Waals surface area contributed by atoms with Crippen LogP contribution in [0.4, 0.5) is 0 Å². The third-order valence-electron chi connectivity index (χ3n) is 12.0. The van der Waals surface area contributed by atoms with Crippen LogP contribution < -0.4 is 0 Å². The Labute approximate surface area is 244 Å². The molecule has 222 valence electrons. The molecule has 3 fully saturated rings. The van der Waals surface area contributed by atoms with Crippen LogP contribution in [0, 0.1) is 53.3 Å². The van der Waals surface area contributed by atoms with E-state index >= 15 is 0 Å². The highest BCUT2D eigenvalue weighted by Gasteiger charge is 2.60. The number of allylic oxidation sites excluding steroid dienone is 2. The van der Waals surface area contributed by atoms with Crippen LogP contribution in [0.25, 0.3) is 0 Å². The molecule has 0 amide bonds. The summed E-state index contributed by atoms with van der Waals surface area (Å²) in [5, 5.41) is 0. The van der Waals surface area contributed by atoms with E-state index in [2.05, 4.69) is 39.0 Å². The van der Waals surface area contributed by atoms with E-state index in [9.17, 15) is 8.42 Å². The van der Waals surface area contributed by atoms with Crippen molar-refractivity contribution in [3.05, 3.63) is 41.2 Å². The average Bonchev–Trinajstić information content (AvgIpc) is 3.26. The lowest BCUT2D eigenvalue weighted by molar-refractivity contribution is -0.0592. The van der Waals surface area contributed by atoms with Gasteiger partial charge in [-0.1, -0.05) is 71.6 Å². The summed E-state index contributed by atoms with van der Waals surface area (Å²) in [7, 11) is -2.07. The van der Waals surface area contributed by atoms with E-state index in [0.717, 1.165) is 53.8 Å². The number of fused-ring (bicyclic) bond motifs is 5. The molecule has 0 spiro atoms. The molecular weight excluding hydrogens is 514 g/mol. The normalized spacial score (nSPS) is 35.9. The van der Waals surface area contributed by atoms with E-state index in [1.165, 1.54) is 56.9 Å². The Hall–Kier alpha value is -1.62. The number of sulfonamides is 1. The Morgan fingerprint density at radius 1 is 0.950 bits per heavy atom. The van der Waals surface area contributed by atoms with Crippen molar-refractivity contribution in [2.24, 2.45) is 50.7 Å². The molecule has 1 aromatic rings. The SMILES string of the molecule is COC1=C2CC[C@H]3[C@@H]4CC[C@H]([C@H](C)CCCC(C)C)[C@@]4(C)CC[C@@H]3[C@@]2(C)CC/C1=N\S(=O)(=O)c1ccc(C)cc1. The maximum Gasteiger partial charge on any atom is 0.282 e. The molecule has 0 radical (unpaired) electrons. The highest BCUT2D eigenvalue weighted by molar-refractivity contribution is 7.90. The lowest BCUT2D eigenvalue weighted by Gasteiger charge is -2.59. The number of rotatable bonds is 8. The number of hydrogen-bond acceptors (Lipinski definition) is 3. The molecule has 4 aliphatic rings. The monoisotopic (exact) mass is 567 g/mol. The number of benzene rings is 1. The molecule has 1 aromatic carbocycles. The highest BCUT2D eigenvalue weighted by atomic mass is 32.2. The van der Waals surface area contributed by atoms with Gasteiger partial charge in [0.25, 0.3) is 10.0 Å². The fraction of sp³-hybridized carbons (Fsp3) is 0.743. The minimum atomic E-state index is -3.77. The molecule has 5 heteroatoms. The first kappa shape index (κ1) is 29.9. The molecule has 0 N–H and O–H groups in total. The molecule has 0 saturated heterocycles. The number of hydrogen-bond donors (Lipinski definition) is 0. The van der Waals surface area contributed by atoms with E-state index in [0.29, 0.717) is 23.5 Å². The number of methoxy groups -OCH3 is 1. The molecule has 4 nitrogen and oxygen atoms in total. The second-order valence-electron chi connectivity index (χ2n) is 14.7. The predicted molar refractivity (Wildman–Crippen MR) is 165 cm³/mol. The van der Waals surface area contributed by atoms with Gasteiger partial charge < -0.3 is 4.74 Å². The summed E-state index contributed by atoms with van der Waals surface area (Å²) in [5.41, 5.74) is 3.53. The van der Waals surface area contributed by atoms with Gasteiger partial charge in [-0.3, -0.25) is 0 Å². The Morgan fingerprint density at radius 2 is 1.68 bits per heavy atom. The first-order valence-corrected chi connectivity index (χ1v) is 17.5. The van der Waals surface area contributed by atoms with Gasteiger partial charge in [0.1, 0.15) is 5.76 Å².